The molecule has 2 aromatic rings. The number of urea groups is 1. The first-order valence-corrected chi connectivity index (χ1v) is 7.68. The maximum absolute atomic E-state index is 12.8. The minimum atomic E-state index is -4.54. The van der Waals surface area contributed by atoms with Gasteiger partial charge in [-0.25, -0.2) is 4.79 Å². The molecule has 0 saturated heterocycles. The van der Waals surface area contributed by atoms with Crippen LogP contribution in [0, 0.1) is 0 Å². The van der Waals surface area contributed by atoms with E-state index in [9.17, 15) is 18.0 Å². The molecule has 124 valence electrons. The predicted molar refractivity (Wildman–Crippen MR) is 80.1 cm³/mol. The third-order valence-corrected chi connectivity index (χ3v) is 3.72. The lowest BCUT2D eigenvalue weighted by Crippen LogP contribution is -2.30. The van der Waals surface area contributed by atoms with Crippen molar-refractivity contribution in [3.63, 3.8) is 0 Å². The van der Waals surface area contributed by atoms with Crippen LogP contribution in [0.3, 0.4) is 0 Å². The van der Waals surface area contributed by atoms with Gasteiger partial charge in [0.15, 0.2) is 11.0 Å². The topological polar surface area (TPSA) is 71.8 Å². The average molecular weight is 345 g/mol. The minimum absolute atomic E-state index is 0.0457. The number of anilines is 1. The van der Waals surface area contributed by atoms with E-state index in [0.29, 0.717) is 11.0 Å². The molecular weight excluding hydrogens is 331 g/mol. The largest absolute Gasteiger partial charge is 0.418 e. The maximum Gasteiger partial charge on any atom is 0.418 e. The van der Waals surface area contributed by atoms with E-state index in [1.165, 1.54) is 30.0 Å². The molecule has 0 atom stereocenters. The van der Waals surface area contributed by atoms with Crippen LogP contribution in [-0.2, 0) is 19.8 Å². The van der Waals surface area contributed by atoms with Crippen LogP contribution in [0.5, 0.6) is 0 Å². The molecule has 0 aliphatic heterocycles. The van der Waals surface area contributed by atoms with Crippen LogP contribution in [0.25, 0.3) is 0 Å². The Morgan fingerprint density at radius 2 is 2.00 bits per heavy atom. The van der Waals surface area contributed by atoms with Gasteiger partial charge in [-0.05, 0) is 18.4 Å². The first-order valence-electron chi connectivity index (χ1n) is 6.46. The van der Waals surface area contributed by atoms with Crippen molar-refractivity contribution < 1.29 is 18.0 Å². The van der Waals surface area contributed by atoms with Crippen molar-refractivity contribution in [2.75, 3.05) is 11.6 Å². The van der Waals surface area contributed by atoms with Gasteiger partial charge in [0.05, 0.1) is 17.8 Å². The number of benzene rings is 1. The van der Waals surface area contributed by atoms with Crippen molar-refractivity contribution in [1.82, 2.24) is 20.1 Å². The molecule has 1 aromatic heterocycles. The van der Waals surface area contributed by atoms with Crippen molar-refractivity contribution in [1.29, 1.82) is 0 Å². The molecule has 2 rings (SSSR count). The van der Waals surface area contributed by atoms with Gasteiger partial charge >= 0.3 is 12.2 Å². The predicted octanol–water partition coefficient (Wildman–Crippen LogP) is 2.88. The smallest absolute Gasteiger partial charge is 0.331 e. The number of nitrogens with zero attached hydrogens (tertiary/aromatic N) is 3. The zero-order valence-electron chi connectivity index (χ0n) is 12.3. The Bertz CT molecular complexity index is 701. The van der Waals surface area contributed by atoms with Gasteiger partial charge in [-0.3, -0.25) is 0 Å². The van der Waals surface area contributed by atoms with Gasteiger partial charge in [-0.15, -0.1) is 10.2 Å². The highest BCUT2D eigenvalue weighted by Crippen LogP contribution is 2.34. The Hall–Kier alpha value is -2.23. The quantitative estimate of drug-likeness (QED) is 0.836. The first kappa shape index (κ1) is 17.1. The number of aromatic nitrogens is 3. The van der Waals surface area contributed by atoms with Crippen LogP contribution in [0.15, 0.2) is 29.4 Å². The number of hydrogen-bond acceptors (Lipinski definition) is 4. The third kappa shape index (κ3) is 4.15. The molecule has 10 heteroatoms. The molecule has 0 unspecified atom stereocenters. The highest BCUT2D eigenvalue weighted by Gasteiger charge is 2.33. The molecule has 0 spiro atoms. The van der Waals surface area contributed by atoms with Crippen LogP contribution in [0.4, 0.5) is 23.7 Å². The normalized spacial score (nSPS) is 11.3. The zero-order chi connectivity index (χ0) is 17.0. The van der Waals surface area contributed by atoms with Crippen molar-refractivity contribution in [2.24, 2.45) is 7.05 Å². The fourth-order valence-electron chi connectivity index (χ4n) is 1.84. The van der Waals surface area contributed by atoms with E-state index in [1.807, 2.05) is 6.26 Å². The maximum atomic E-state index is 12.8. The van der Waals surface area contributed by atoms with Gasteiger partial charge in [-0.1, -0.05) is 23.9 Å². The molecule has 2 amide bonds. The van der Waals surface area contributed by atoms with E-state index in [1.54, 1.807) is 11.6 Å². The van der Waals surface area contributed by atoms with Crippen LogP contribution < -0.4 is 10.6 Å². The van der Waals surface area contributed by atoms with Crippen LogP contribution in [-0.4, -0.2) is 27.1 Å². The Kier molecular flexibility index (Phi) is 5.14. The van der Waals surface area contributed by atoms with Gasteiger partial charge in [0.1, 0.15) is 0 Å². The average Bonchev–Trinajstić information content (AvgIpc) is 2.85. The summed E-state index contributed by atoms with van der Waals surface area (Å²) in [7, 11) is 1.74. The zero-order valence-corrected chi connectivity index (χ0v) is 13.1. The molecule has 1 aromatic carbocycles. The number of carbonyl (C=O) groups is 1. The van der Waals surface area contributed by atoms with Gasteiger partial charge in [0, 0.05) is 7.05 Å². The fraction of sp³-hybridized carbons (Fsp3) is 0.308. The van der Waals surface area contributed by atoms with E-state index >= 15 is 0 Å². The lowest BCUT2D eigenvalue weighted by atomic mass is 10.1. The number of halogens is 3. The molecule has 0 aliphatic carbocycles. The summed E-state index contributed by atoms with van der Waals surface area (Å²) in [4.78, 5) is 11.8. The van der Waals surface area contributed by atoms with Gasteiger partial charge < -0.3 is 15.2 Å². The molecule has 6 nitrogen and oxygen atoms in total. The summed E-state index contributed by atoms with van der Waals surface area (Å²) in [5, 5.41) is 13.1. The molecular formula is C13H14F3N5OS. The summed E-state index contributed by atoms with van der Waals surface area (Å²) in [5.41, 5.74) is -1.21. The second kappa shape index (κ2) is 6.90. The summed E-state index contributed by atoms with van der Waals surface area (Å²) < 4.78 is 40.2. The van der Waals surface area contributed by atoms with E-state index in [-0.39, 0.29) is 12.2 Å². The molecule has 0 saturated carbocycles. The number of carbonyl (C=O) groups excluding carboxylic acids is 1. The Morgan fingerprint density at radius 3 is 2.61 bits per heavy atom. The lowest BCUT2D eigenvalue weighted by molar-refractivity contribution is -0.136. The molecule has 0 aliphatic rings. The monoisotopic (exact) mass is 345 g/mol. The SMILES string of the molecule is CSc1nnc(CNC(=O)Nc2ccccc2C(F)(F)F)n1C. The van der Waals surface area contributed by atoms with Gasteiger partial charge in [-0.2, -0.15) is 13.2 Å². The molecule has 0 bridgehead atoms. The standard InChI is InChI=1S/C13H14F3N5OS/c1-21-10(19-20-12(21)23-2)7-17-11(22)18-9-6-4-3-5-8(9)13(14,15)16/h3-6H,7H2,1-2H3,(H2,17,18,22). The first-order chi connectivity index (χ1) is 10.8. The number of para-hydroxylation sites is 1. The fourth-order valence-corrected chi connectivity index (χ4v) is 2.34. The number of alkyl halides is 3. The summed E-state index contributed by atoms with van der Waals surface area (Å²) in [6.45, 7) is 0.0457. The Morgan fingerprint density at radius 1 is 1.30 bits per heavy atom. The highest BCUT2D eigenvalue weighted by atomic mass is 32.2. The molecule has 0 radical (unpaired) electrons. The molecule has 2 N–H and O–H groups in total. The van der Waals surface area contributed by atoms with Crippen LogP contribution in [0.2, 0.25) is 0 Å². The van der Waals surface area contributed by atoms with E-state index in [4.69, 9.17) is 0 Å². The lowest BCUT2D eigenvalue weighted by Gasteiger charge is -2.13. The molecule has 23 heavy (non-hydrogen) atoms. The van der Waals surface area contributed by atoms with Crippen molar-refractivity contribution in [3.8, 4) is 0 Å². The highest BCUT2D eigenvalue weighted by molar-refractivity contribution is 7.98. The second-order valence-corrected chi connectivity index (χ2v) is 5.29. The van der Waals surface area contributed by atoms with Gasteiger partial charge in [0.25, 0.3) is 0 Å². The summed E-state index contributed by atoms with van der Waals surface area (Å²) in [6.07, 6.45) is -2.71. The van der Waals surface area contributed by atoms with Crippen LogP contribution in [0.1, 0.15) is 11.4 Å². The van der Waals surface area contributed by atoms with E-state index < -0.39 is 17.8 Å². The second-order valence-electron chi connectivity index (χ2n) is 4.51. The number of nitrogens with one attached hydrogen (secondary N) is 2. The van der Waals surface area contributed by atoms with E-state index in [0.717, 1.165) is 6.07 Å². The number of thioether (sulfide) groups is 1. The Balaban J connectivity index is 2.02. The van der Waals surface area contributed by atoms with Crippen molar-refractivity contribution in [3.05, 3.63) is 35.7 Å². The molecule has 0 fully saturated rings. The van der Waals surface area contributed by atoms with Crippen molar-refractivity contribution >= 4 is 23.5 Å². The summed E-state index contributed by atoms with van der Waals surface area (Å²) in [6, 6.07) is 4.02. The van der Waals surface area contributed by atoms with Crippen molar-refractivity contribution in [2.45, 2.75) is 17.9 Å². The number of amides is 2. The molecule has 1 heterocycles. The minimum Gasteiger partial charge on any atom is -0.331 e. The third-order valence-electron chi connectivity index (χ3n) is 3.00. The van der Waals surface area contributed by atoms with Gasteiger partial charge in [0.2, 0.25) is 0 Å². The van der Waals surface area contributed by atoms with Crippen LogP contribution >= 0.6 is 11.8 Å². The summed E-state index contributed by atoms with van der Waals surface area (Å²) >= 11 is 1.39. The number of hydrogen-bond donors (Lipinski definition) is 2. The summed E-state index contributed by atoms with van der Waals surface area (Å²) in [5.74, 6) is 0.494. The Labute approximate surface area is 134 Å². The number of rotatable bonds is 4. The van der Waals surface area contributed by atoms with E-state index in [2.05, 4.69) is 20.8 Å².